The molecular weight excluding hydrogens is 305 g/mol. The van der Waals surface area contributed by atoms with Gasteiger partial charge >= 0.3 is 6.18 Å². The van der Waals surface area contributed by atoms with Crippen molar-refractivity contribution in [3.8, 4) is 5.75 Å². The lowest BCUT2D eigenvalue weighted by Gasteiger charge is -2.15. The van der Waals surface area contributed by atoms with Crippen LogP contribution < -0.4 is 10.1 Å². The van der Waals surface area contributed by atoms with Crippen LogP contribution in [0.15, 0.2) is 35.8 Å². The van der Waals surface area contributed by atoms with Gasteiger partial charge in [-0.2, -0.15) is 13.2 Å². The molecule has 0 aliphatic heterocycles. The van der Waals surface area contributed by atoms with E-state index < -0.39 is 23.8 Å². The first-order chi connectivity index (χ1) is 9.86. The van der Waals surface area contributed by atoms with Crippen molar-refractivity contribution < 1.29 is 22.7 Å². The number of halogens is 3. The minimum atomic E-state index is -4.45. The monoisotopic (exact) mass is 316 g/mol. The maximum absolute atomic E-state index is 12.6. The van der Waals surface area contributed by atoms with Gasteiger partial charge in [-0.1, -0.05) is 6.07 Å². The first-order valence-electron chi connectivity index (χ1n) is 5.90. The van der Waals surface area contributed by atoms with Gasteiger partial charge in [-0.3, -0.25) is 10.1 Å². The Balaban J connectivity index is 2.02. The highest BCUT2D eigenvalue weighted by Crippen LogP contribution is 2.31. The molecular formula is C13H11F3N2O2S. The van der Waals surface area contributed by atoms with E-state index >= 15 is 0 Å². The van der Waals surface area contributed by atoms with Gasteiger partial charge in [-0.15, -0.1) is 11.3 Å². The van der Waals surface area contributed by atoms with Gasteiger partial charge in [0.15, 0.2) is 11.2 Å². The number of anilines is 1. The molecule has 1 unspecified atom stereocenters. The summed E-state index contributed by atoms with van der Waals surface area (Å²) in [5.74, 6) is -0.506. The summed E-state index contributed by atoms with van der Waals surface area (Å²) in [5.41, 5.74) is -0.826. The molecule has 4 nitrogen and oxygen atoms in total. The highest BCUT2D eigenvalue weighted by molar-refractivity contribution is 7.13. The molecule has 112 valence electrons. The van der Waals surface area contributed by atoms with Crippen molar-refractivity contribution >= 4 is 22.4 Å². The van der Waals surface area contributed by atoms with E-state index in [2.05, 4.69) is 10.3 Å². The predicted octanol–water partition coefficient (Wildman–Crippen LogP) is 3.57. The van der Waals surface area contributed by atoms with Gasteiger partial charge in [0.1, 0.15) is 5.75 Å². The summed E-state index contributed by atoms with van der Waals surface area (Å²) in [6.07, 6.45) is -3.87. The number of benzene rings is 1. The van der Waals surface area contributed by atoms with E-state index in [-0.39, 0.29) is 5.75 Å². The second kappa shape index (κ2) is 6.13. The molecule has 2 rings (SSSR count). The van der Waals surface area contributed by atoms with Gasteiger partial charge in [0.25, 0.3) is 5.91 Å². The van der Waals surface area contributed by atoms with Crippen LogP contribution in [0.2, 0.25) is 0 Å². The summed E-state index contributed by atoms with van der Waals surface area (Å²) in [6, 6.07) is 4.38. The minimum Gasteiger partial charge on any atom is -0.481 e. The molecule has 0 spiro atoms. The number of alkyl halides is 3. The lowest BCUT2D eigenvalue weighted by atomic mass is 10.2. The molecule has 8 heteroatoms. The Morgan fingerprint density at radius 2 is 2.19 bits per heavy atom. The number of hydrogen-bond donors (Lipinski definition) is 1. The molecule has 1 N–H and O–H groups in total. The molecule has 1 amide bonds. The zero-order valence-corrected chi connectivity index (χ0v) is 11.7. The van der Waals surface area contributed by atoms with Gasteiger partial charge < -0.3 is 4.74 Å². The summed E-state index contributed by atoms with van der Waals surface area (Å²) in [4.78, 5) is 15.7. The number of aromatic nitrogens is 1. The largest absolute Gasteiger partial charge is 0.481 e. The van der Waals surface area contributed by atoms with E-state index in [1.165, 1.54) is 36.6 Å². The topological polar surface area (TPSA) is 51.2 Å². The smallest absolute Gasteiger partial charge is 0.416 e. The zero-order chi connectivity index (χ0) is 15.5. The summed E-state index contributed by atoms with van der Waals surface area (Å²) in [7, 11) is 0. The number of nitrogens with one attached hydrogen (secondary N) is 1. The molecule has 0 saturated carbocycles. The highest BCUT2D eigenvalue weighted by atomic mass is 32.1. The van der Waals surface area contributed by atoms with E-state index in [0.29, 0.717) is 5.13 Å². The van der Waals surface area contributed by atoms with Gasteiger partial charge in [-0.05, 0) is 25.1 Å². The number of amides is 1. The van der Waals surface area contributed by atoms with E-state index in [1.807, 2.05) is 0 Å². The molecule has 1 aromatic heterocycles. The Kier molecular flexibility index (Phi) is 4.46. The lowest BCUT2D eigenvalue weighted by molar-refractivity contribution is -0.137. The highest BCUT2D eigenvalue weighted by Gasteiger charge is 2.30. The van der Waals surface area contributed by atoms with Gasteiger partial charge in [0, 0.05) is 11.6 Å². The Hall–Kier alpha value is -2.09. The fourth-order valence-corrected chi connectivity index (χ4v) is 2.03. The molecule has 0 radical (unpaired) electrons. The number of carbonyl (C=O) groups excluding carboxylic acids is 1. The second-order valence-electron chi connectivity index (χ2n) is 4.11. The fourth-order valence-electron chi connectivity index (χ4n) is 1.50. The Bertz CT molecular complexity index is 614. The summed E-state index contributed by atoms with van der Waals surface area (Å²) in [6.45, 7) is 1.45. The van der Waals surface area contributed by atoms with E-state index in [4.69, 9.17) is 4.74 Å². The number of hydrogen-bond acceptors (Lipinski definition) is 4. The third-order valence-corrected chi connectivity index (χ3v) is 3.19. The summed E-state index contributed by atoms with van der Waals surface area (Å²) in [5, 5.41) is 4.60. The molecule has 0 bridgehead atoms. The normalized spacial score (nSPS) is 12.8. The molecule has 0 aliphatic rings. The summed E-state index contributed by atoms with van der Waals surface area (Å²) < 4.78 is 42.9. The van der Waals surface area contributed by atoms with Crippen LogP contribution in [0.5, 0.6) is 5.75 Å². The van der Waals surface area contributed by atoms with Crippen molar-refractivity contribution in [1.29, 1.82) is 0 Å². The second-order valence-corrected chi connectivity index (χ2v) is 5.01. The molecule has 0 aliphatic carbocycles. The number of nitrogens with zero attached hydrogens (tertiary/aromatic N) is 1. The van der Waals surface area contributed by atoms with E-state index in [0.717, 1.165) is 12.1 Å². The number of thiazole rings is 1. The quantitative estimate of drug-likeness (QED) is 0.938. The van der Waals surface area contributed by atoms with Gasteiger partial charge in [0.2, 0.25) is 0 Å². The standard InChI is InChI=1S/C13H11F3N2O2S/c1-8(11(19)18-12-17-5-6-21-12)20-10-4-2-3-9(7-10)13(14,15)16/h2-8H,1H3,(H,17,18,19). The Morgan fingerprint density at radius 3 is 2.81 bits per heavy atom. The Morgan fingerprint density at radius 1 is 1.43 bits per heavy atom. The molecule has 0 fully saturated rings. The maximum Gasteiger partial charge on any atom is 0.416 e. The van der Waals surface area contributed by atoms with Crippen LogP contribution in [0.4, 0.5) is 18.3 Å². The average Bonchev–Trinajstić information content (AvgIpc) is 2.91. The van der Waals surface area contributed by atoms with Crippen LogP contribution in [0.25, 0.3) is 0 Å². The van der Waals surface area contributed by atoms with Crippen molar-refractivity contribution in [3.05, 3.63) is 41.4 Å². The van der Waals surface area contributed by atoms with Crippen molar-refractivity contribution in [1.82, 2.24) is 4.98 Å². The molecule has 1 atom stereocenters. The minimum absolute atomic E-state index is 0.0217. The van der Waals surface area contributed by atoms with Crippen LogP contribution in [-0.4, -0.2) is 17.0 Å². The predicted molar refractivity (Wildman–Crippen MR) is 72.3 cm³/mol. The van der Waals surface area contributed by atoms with Crippen molar-refractivity contribution in [2.75, 3.05) is 5.32 Å². The van der Waals surface area contributed by atoms with E-state index in [1.54, 1.807) is 5.38 Å². The fraction of sp³-hybridized carbons (Fsp3) is 0.231. The number of carbonyl (C=O) groups is 1. The SMILES string of the molecule is CC(Oc1cccc(C(F)(F)F)c1)C(=O)Nc1nccs1. The van der Waals surface area contributed by atoms with Crippen LogP contribution in [0.1, 0.15) is 12.5 Å². The zero-order valence-electron chi connectivity index (χ0n) is 10.8. The first kappa shape index (κ1) is 15.3. The van der Waals surface area contributed by atoms with Gasteiger partial charge in [0.05, 0.1) is 5.56 Å². The third-order valence-electron chi connectivity index (χ3n) is 2.51. The van der Waals surface area contributed by atoms with E-state index in [9.17, 15) is 18.0 Å². The number of ether oxygens (including phenoxy) is 1. The van der Waals surface area contributed by atoms with Crippen molar-refractivity contribution in [3.63, 3.8) is 0 Å². The Labute approximate surface area is 122 Å². The molecule has 1 heterocycles. The molecule has 0 saturated heterocycles. The molecule has 2 aromatic rings. The maximum atomic E-state index is 12.6. The van der Waals surface area contributed by atoms with Crippen LogP contribution in [-0.2, 0) is 11.0 Å². The van der Waals surface area contributed by atoms with Crippen molar-refractivity contribution in [2.45, 2.75) is 19.2 Å². The van der Waals surface area contributed by atoms with Crippen LogP contribution >= 0.6 is 11.3 Å². The summed E-state index contributed by atoms with van der Waals surface area (Å²) >= 11 is 1.23. The molecule has 21 heavy (non-hydrogen) atoms. The number of rotatable bonds is 4. The average molecular weight is 316 g/mol. The third kappa shape index (κ3) is 4.19. The van der Waals surface area contributed by atoms with Crippen molar-refractivity contribution in [2.24, 2.45) is 0 Å². The first-order valence-corrected chi connectivity index (χ1v) is 6.78. The van der Waals surface area contributed by atoms with Gasteiger partial charge in [-0.25, -0.2) is 4.98 Å². The lowest BCUT2D eigenvalue weighted by Crippen LogP contribution is -2.30. The van der Waals surface area contributed by atoms with Crippen LogP contribution in [0, 0.1) is 0 Å². The molecule has 1 aromatic carbocycles. The van der Waals surface area contributed by atoms with Crippen LogP contribution in [0.3, 0.4) is 0 Å².